The summed E-state index contributed by atoms with van der Waals surface area (Å²) in [6.07, 6.45) is 3.67. The van der Waals surface area contributed by atoms with E-state index >= 15 is 0 Å². The van der Waals surface area contributed by atoms with Crippen LogP contribution in [-0.2, 0) is 11.2 Å². The summed E-state index contributed by atoms with van der Waals surface area (Å²) in [5.74, 6) is 2.99. The first kappa shape index (κ1) is 15.5. The van der Waals surface area contributed by atoms with E-state index in [1.165, 1.54) is 0 Å². The number of piperidine rings is 1. The standard InChI is InChI=1S/C15H25N5O/c1-4-5-12-18-13(16-2)10-14(19-12)20-8-6-11(7-9-20)15(21)17-3/h10-11H,4-9H2,1-3H3,(H,17,21)(H,16,18,19). The number of nitrogens with zero attached hydrogens (tertiary/aromatic N) is 3. The molecule has 0 bridgehead atoms. The molecular formula is C15H25N5O. The lowest BCUT2D eigenvalue weighted by Crippen LogP contribution is -2.40. The summed E-state index contributed by atoms with van der Waals surface area (Å²) < 4.78 is 0. The quantitative estimate of drug-likeness (QED) is 0.859. The van der Waals surface area contributed by atoms with Gasteiger partial charge in [-0.2, -0.15) is 0 Å². The van der Waals surface area contributed by atoms with Crippen molar-refractivity contribution in [1.29, 1.82) is 0 Å². The molecule has 1 aromatic rings. The van der Waals surface area contributed by atoms with Gasteiger partial charge in [0.25, 0.3) is 0 Å². The minimum atomic E-state index is 0.131. The molecule has 1 aliphatic heterocycles. The van der Waals surface area contributed by atoms with Crippen molar-refractivity contribution in [3.8, 4) is 0 Å². The van der Waals surface area contributed by atoms with Crippen molar-refractivity contribution in [3.05, 3.63) is 11.9 Å². The van der Waals surface area contributed by atoms with Crippen LogP contribution in [0, 0.1) is 5.92 Å². The number of aryl methyl sites for hydroxylation is 1. The molecule has 0 unspecified atom stereocenters. The zero-order valence-electron chi connectivity index (χ0n) is 13.1. The highest BCUT2D eigenvalue weighted by Crippen LogP contribution is 2.23. The zero-order chi connectivity index (χ0) is 15.2. The van der Waals surface area contributed by atoms with Crippen molar-refractivity contribution in [2.75, 3.05) is 37.4 Å². The fraction of sp³-hybridized carbons (Fsp3) is 0.667. The second kappa shape index (κ2) is 7.24. The highest BCUT2D eigenvalue weighted by Gasteiger charge is 2.25. The largest absolute Gasteiger partial charge is 0.373 e. The molecule has 1 amide bonds. The van der Waals surface area contributed by atoms with Crippen molar-refractivity contribution < 1.29 is 4.79 Å². The Kier molecular flexibility index (Phi) is 5.36. The van der Waals surface area contributed by atoms with Crippen molar-refractivity contribution in [3.63, 3.8) is 0 Å². The van der Waals surface area contributed by atoms with Crippen molar-refractivity contribution >= 4 is 17.5 Å². The number of amides is 1. The Labute approximate surface area is 126 Å². The number of hydrogen-bond acceptors (Lipinski definition) is 5. The second-order valence-electron chi connectivity index (χ2n) is 5.40. The summed E-state index contributed by atoms with van der Waals surface area (Å²) in [6.45, 7) is 3.86. The van der Waals surface area contributed by atoms with Crippen LogP contribution in [0.4, 0.5) is 11.6 Å². The molecule has 0 radical (unpaired) electrons. The molecule has 2 rings (SSSR count). The van der Waals surface area contributed by atoms with Gasteiger partial charge >= 0.3 is 0 Å². The average molecular weight is 291 g/mol. The Morgan fingerprint density at radius 2 is 2.05 bits per heavy atom. The molecule has 0 aromatic carbocycles. The SMILES string of the molecule is CCCc1nc(NC)cc(N2CCC(C(=O)NC)CC2)n1. The summed E-state index contributed by atoms with van der Waals surface area (Å²) in [7, 11) is 3.58. The topological polar surface area (TPSA) is 70.2 Å². The molecule has 1 aromatic heterocycles. The van der Waals surface area contributed by atoms with E-state index in [-0.39, 0.29) is 11.8 Å². The highest BCUT2D eigenvalue weighted by molar-refractivity contribution is 5.78. The van der Waals surface area contributed by atoms with Gasteiger partial charge in [0.1, 0.15) is 17.5 Å². The first-order valence-electron chi connectivity index (χ1n) is 7.70. The smallest absolute Gasteiger partial charge is 0.222 e. The predicted octanol–water partition coefficient (Wildman–Crippen LogP) is 1.43. The van der Waals surface area contributed by atoms with E-state index in [4.69, 9.17) is 0 Å². The molecule has 0 atom stereocenters. The van der Waals surface area contributed by atoms with Gasteiger partial charge in [-0.3, -0.25) is 4.79 Å². The summed E-state index contributed by atoms with van der Waals surface area (Å²) >= 11 is 0. The Hall–Kier alpha value is -1.85. The number of anilines is 2. The van der Waals surface area contributed by atoms with Crippen molar-refractivity contribution in [2.24, 2.45) is 5.92 Å². The number of nitrogens with one attached hydrogen (secondary N) is 2. The van der Waals surface area contributed by atoms with Crippen LogP contribution >= 0.6 is 0 Å². The molecule has 1 fully saturated rings. The predicted molar refractivity (Wildman–Crippen MR) is 84.6 cm³/mol. The van der Waals surface area contributed by atoms with Gasteiger partial charge in [0.2, 0.25) is 5.91 Å². The normalized spacial score (nSPS) is 15.9. The zero-order valence-corrected chi connectivity index (χ0v) is 13.1. The van der Waals surface area contributed by atoms with E-state index in [2.05, 4.69) is 32.4 Å². The molecule has 21 heavy (non-hydrogen) atoms. The van der Waals surface area contributed by atoms with Crippen molar-refractivity contribution in [1.82, 2.24) is 15.3 Å². The lowest BCUT2D eigenvalue weighted by molar-refractivity contribution is -0.125. The Bertz CT molecular complexity index is 483. The van der Waals surface area contributed by atoms with E-state index in [1.54, 1.807) is 7.05 Å². The fourth-order valence-electron chi connectivity index (χ4n) is 2.68. The lowest BCUT2D eigenvalue weighted by Gasteiger charge is -2.32. The third-order valence-electron chi connectivity index (χ3n) is 3.92. The van der Waals surface area contributed by atoms with Crippen LogP contribution in [-0.4, -0.2) is 43.1 Å². The van der Waals surface area contributed by atoms with Gasteiger partial charge in [-0.05, 0) is 19.3 Å². The minimum Gasteiger partial charge on any atom is -0.373 e. The number of carbonyl (C=O) groups is 1. The van der Waals surface area contributed by atoms with E-state index in [9.17, 15) is 4.79 Å². The first-order valence-corrected chi connectivity index (χ1v) is 7.70. The van der Waals surface area contributed by atoms with Crippen LogP contribution in [0.1, 0.15) is 32.0 Å². The maximum absolute atomic E-state index is 11.7. The third-order valence-corrected chi connectivity index (χ3v) is 3.92. The van der Waals surface area contributed by atoms with Crippen molar-refractivity contribution in [2.45, 2.75) is 32.6 Å². The third kappa shape index (κ3) is 3.83. The van der Waals surface area contributed by atoms with Crippen LogP contribution in [0.15, 0.2) is 6.07 Å². The molecule has 6 nitrogen and oxygen atoms in total. The molecular weight excluding hydrogens is 266 g/mol. The van der Waals surface area contributed by atoms with E-state index in [0.29, 0.717) is 0 Å². The van der Waals surface area contributed by atoms with E-state index < -0.39 is 0 Å². The monoisotopic (exact) mass is 291 g/mol. The first-order chi connectivity index (χ1) is 10.2. The average Bonchev–Trinajstić information content (AvgIpc) is 2.54. The lowest BCUT2D eigenvalue weighted by atomic mass is 9.96. The highest BCUT2D eigenvalue weighted by atomic mass is 16.1. The van der Waals surface area contributed by atoms with E-state index in [0.717, 1.165) is 56.2 Å². The second-order valence-corrected chi connectivity index (χ2v) is 5.40. The summed E-state index contributed by atoms with van der Waals surface area (Å²) in [6, 6.07) is 1.99. The molecule has 0 saturated carbocycles. The number of hydrogen-bond donors (Lipinski definition) is 2. The minimum absolute atomic E-state index is 0.131. The maximum Gasteiger partial charge on any atom is 0.222 e. The van der Waals surface area contributed by atoms with Gasteiger partial charge in [0.15, 0.2) is 0 Å². The van der Waals surface area contributed by atoms with Crippen LogP contribution in [0.3, 0.4) is 0 Å². The number of carbonyl (C=O) groups excluding carboxylic acids is 1. The fourth-order valence-corrected chi connectivity index (χ4v) is 2.68. The van der Waals surface area contributed by atoms with Gasteiger partial charge < -0.3 is 15.5 Å². The van der Waals surface area contributed by atoms with Gasteiger partial charge in [-0.25, -0.2) is 9.97 Å². The Morgan fingerprint density at radius 1 is 1.33 bits per heavy atom. The van der Waals surface area contributed by atoms with Crippen LogP contribution < -0.4 is 15.5 Å². The molecule has 0 aliphatic carbocycles. The number of rotatable bonds is 5. The summed E-state index contributed by atoms with van der Waals surface area (Å²) in [5, 5.41) is 5.84. The molecule has 1 aliphatic rings. The molecule has 2 N–H and O–H groups in total. The molecule has 1 saturated heterocycles. The van der Waals surface area contributed by atoms with Gasteiger partial charge in [-0.15, -0.1) is 0 Å². The molecule has 116 valence electrons. The van der Waals surface area contributed by atoms with Gasteiger partial charge in [0.05, 0.1) is 0 Å². The molecule has 2 heterocycles. The van der Waals surface area contributed by atoms with Crippen LogP contribution in [0.2, 0.25) is 0 Å². The number of aromatic nitrogens is 2. The molecule has 6 heteroatoms. The van der Waals surface area contributed by atoms with E-state index in [1.807, 2.05) is 13.1 Å². The Balaban J connectivity index is 2.08. The summed E-state index contributed by atoms with van der Waals surface area (Å²) in [4.78, 5) is 23.1. The van der Waals surface area contributed by atoms with Gasteiger partial charge in [0, 0.05) is 45.6 Å². The summed E-state index contributed by atoms with van der Waals surface area (Å²) in [5.41, 5.74) is 0. The Morgan fingerprint density at radius 3 is 2.62 bits per heavy atom. The molecule has 0 spiro atoms. The maximum atomic E-state index is 11.7. The van der Waals surface area contributed by atoms with Crippen LogP contribution in [0.5, 0.6) is 0 Å². The van der Waals surface area contributed by atoms with Gasteiger partial charge in [-0.1, -0.05) is 6.92 Å². The van der Waals surface area contributed by atoms with Crippen LogP contribution in [0.25, 0.3) is 0 Å².